The highest BCUT2D eigenvalue weighted by molar-refractivity contribution is 5.81. The number of benzene rings is 2. The smallest absolute Gasteiger partial charge is 0.344 e. The summed E-state index contributed by atoms with van der Waals surface area (Å²) in [5.41, 5.74) is 1.91. The highest BCUT2D eigenvalue weighted by Crippen LogP contribution is 2.23. The van der Waals surface area contributed by atoms with Crippen LogP contribution in [0.5, 0.6) is 5.75 Å². The van der Waals surface area contributed by atoms with Crippen LogP contribution in [0.15, 0.2) is 54.6 Å². The first-order chi connectivity index (χ1) is 14.1. The fourth-order valence-corrected chi connectivity index (χ4v) is 3.33. The number of hydrogen-bond acceptors (Lipinski definition) is 5. The number of esters is 1. The van der Waals surface area contributed by atoms with E-state index in [9.17, 15) is 9.59 Å². The molecule has 1 amide bonds. The van der Waals surface area contributed by atoms with Crippen LogP contribution >= 0.6 is 0 Å². The molecule has 1 aliphatic rings. The molecule has 29 heavy (non-hydrogen) atoms. The Morgan fingerprint density at radius 2 is 1.55 bits per heavy atom. The van der Waals surface area contributed by atoms with Crippen molar-refractivity contribution in [1.82, 2.24) is 5.32 Å². The first-order valence-corrected chi connectivity index (χ1v) is 10.1. The summed E-state index contributed by atoms with van der Waals surface area (Å²) in [4.78, 5) is 23.7. The Morgan fingerprint density at radius 1 is 0.897 bits per heavy atom. The van der Waals surface area contributed by atoms with Gasteiger partial charge in [-0.25, -0.2) is 4.79 Å². The van der Waals surface area contributed by atoms with Gasteiger partial charge in [0.05, 0.1) is 0 Å². The predicted octanol–water partition coefficient (Wildman–Crippen LogP) is 4.05. The van der Waals surface area contributed by atoms with Crippen molar-refractivity contribution in [3.8, 4) is 5.75 Å². The molecule has 2 N–H and O–H groups in total. The molecular weight excluding hydrogens is 368 g/mol. The van der Waals surface area contributed by atoms with Gasteiger partial charge in [0.2, 0.25) is 0 Å². The molecule has 0 heterocycles. The minimum atomic E-state index is -0.566. The van der Waals surface area contributed by atoms with Gasteiger partial charge in [-0.05, 0) is 68.0 Å². The molecule has 6 nitrogen and oxygen atoms in total. The lowest BCUT2D eigenvalue weighted by atomic mass is 9.87. The maximum Gasteiger partial charge on any atom is 0.344 e. The van der Waals surface area contributed by atoms with Crippen LogP contribution in [0.4, 0.5) is 11.4 Å². The van der Waals surface area contributed by atoms with Crippen LogP contribution in [0.2, 0.25) is 0 Å². The maximum absolute atomic E-state index is 11.9. The number of carbonyl (C=O) groups excluding carboxylic acids is 2. The zero-order valence-corrected chi connectivity index (χ0v) is 16.7. The zero-order valence-electron chi connectivity index (χ0n) is 16.7. The summed E-state index contributed by atoms with van der Waals surface area (Å²) >= 11 is 0. The number of nitrogens with one attached hydrogen (secondary N) is 2. The van der Waals surface area contributed by atoms with Crippen molar-refractivity contribution in [3.05, 3.63) is 54.6 Å². The SMILES string of the molecule is CC1CCC(NC(=O)COC(=O)COc2ccc(Nc3ccccc3)cc2)CC1. The Kier molecular flexibility index (Phi) is 7.50. The molecule has 0 unspecified atom stereocenters. The summed E-state index contributed by atoms with van der Waals surface area (Å²) < 4.78 is 10.4. The molecule has 0 bridgehead atoms. The molecule has 154 valence electrons. The molecule has 0 radical (unpaired) electrons. The molecule has 6 heteroatoms. The molecule has 0 aliphatic heterocycles. The third kappa shape index (κ3) is 7.14. The normalized spacial score (nSPS) is 18.5. The molecule has 1 aliphatic carbocycles. The van der Waals surface area contributed by atoms with Crippen LogP contribution < -0.4 is 15.4 Å². The van der Waals surface area contributed by atoms with Gasteiger partial charge in [0.15, 0.2) is 13.2 Å². The Labute approximate surface area is 171 Å². The quantitative estimate of drug-likeness (QED) is 0.659. The van der Waals surface area contributed by atoms with Crippen LogP contribution in [-0.4, -0.2) is 31.1 Å². The van der Waals surface area contributed by atoms with E-state index in [0.29, 0.717) is 5.75 Å². The first kappa shape index (κ1) is 20.7. The van der Waals surface area contributed by atoms with Crippen LogP contribution in [0.1, 0.15) is 32.6 Å². The van der Waals surface area contributed by atoms with Gasteiger partial charge < -0.3 is 20.1 Å². The van der Waals surface area contributed by atoms with E-state index in [1.807, 2.05) is 42.5 Å². The largest absolute Gasteiger partial charge is 0.482 e. The Morgan fingerprint density at radius 3 is 2.24 bits per heavy atom. The highest BCUT2D eigenvalue weighted by atomic mass is 16.6. The van der Waals surface area contributed by atoms with Crippen molar-refractivity contribution in [2.45, 2.75) is 38.6 Å². The highest BCUT2D eigenvalue weighted by Gasteiger charge is 2.20. The molecule has 0 atom stereocenters. The van der Waals surface area contributed by atoms with Crippen LogP contribution in [0.3, 0.4) is 0 Å². The Hall–Kier alpha value is -3.02. The molecule has 2 aromatic rings. The number of anilines is 2. The topological polar surface area (TPSA) is 76.7 Å². The van der Waals surface area contributed by atoms with Crippen molar-refractivity contribution >= 4 is 23.3 Å². The number of carbonyl (C=O) groups is 2. The van der Waals surface area contributed by atoms with E-state index < -0.39 is 5.97 Å². The van der Waals surface area contributed by atoms with Gasteiger partial charge in [-0.1, -0.05) is 25.1 Å². The molecule has 1 fully saturated rings. The lowest BCUT2D eigenvalue weighted by molar-refractivity contribution is -0.150. The van der Waals surface area contributed by atoms with E-state index in [0.717, 1.165) is 43.0 Å². The molecular formula is C23H28N2O4. The van der Waals surface area contributed by atoms with Gasteiger partial charge in [-0.15, -0.1) is 0 Å². The summed E-state index contributed by atoms with van der Waals surface area (Å²) in [5, 5.41) is 6.20. The van der Waals surface area contributed by atoms with Gasteiger partial charge in [-0.3, -0.25) is 4.79 Å². The second kappa shape index (κ2) is 10.5. The molecule has 0 saturated heterocycles. The predicted molar refractivity (Wildman–Crippen MR) is 112 cm³/mol. The molecule has 0 spiro atoms. The molecule has 3 rings (SSSR count). The second-order valence-electron chi connectivity index (χ2n) is 7.49. The lowest BCUT2D eigenvalue weighted by Gasteiger charge is -2.26. The first-order valence-electron chi connectivity index (χ1n) is 10.1. The molecule has 1 saturated carbocycles. The number of rotatable bonds is 8. The van der Waals surface area contributed by atoms with Crippen molar-refractivity contribution in [2.75, 3.05) is 18.5 Å². The number of ether oxygens (including phenoxy) is 2. The van der Waals surface area contributed by atoms with Gasteiger partial charge >= 0.3 is 5.97 Å². The van der Waals surface area contributed by atoms with Crippen molar-refractivity contribution in [1.29, 1.82) is 0 Å². The fourth-order valence-electron chi connectivity index (χ4n) is 3.33. The van der Waals surface area contributed by atoms with Gasteiger partial charge in [0, 0.05) is 17.4 Å². The van der Waals surface area contributed by atoms with E-state index in [4.69, 9.17) is 9.47 Å². The van der Waals surface area contributed by atoms with Crippen molar-refractivity contribution < 1.29 is 19.1 Å². The number of para-hydroxylation sites is 1. The summed E-state index contributed by atoms with van der Waals surface area (Å²) in [5.74, 6) is 0.459. The molecule has 0 aromatic heterocycles. The number of hydrogen-bond donors (Lipinski definition) is 2. The number of amides is 1. The van der Waals surface area contributed by atoms with Crippen molar-refractivity contribution in [3.63, 3.8) is 0 Å². The fraction of sp³-hybridized carbons (Fsp3) is 0.391. The van der Waals surface area contributed by atoms with E-state index in [-0.39, 0.29) is 25.2 Å². The van der Waals surface area contributed by atoms with Gasteiger partial charge in [-0.2, -0.15) is 0 Å². The molecule has 2 aromatic carbocycles. The van der Waals surface area contributed by atoms with E-state index in [2.05, 4.69) is 17.6 Å². The lowest BCUT2D eigenvalue weighted by Crippen LogP contribution is -2.39. The maximum atomic E-state index is 11.9. The summed E-state index contributed by atoms with van der Waals surface area (Å²) in [6.45, 7) is 1.72. The summed E-state index contributed by atoms with van der Waals surface area (Å²) in [6.07, 6.45) is 4.22. The minimum absolute atomic E-state index is 0.191. The summed E-state index contributed by atoms with van der Waals surface area (Å²) in [6, 6.07) is 17.3. The van der Waals surface area contributed by atoms with Gasteiger partial charge in [0.1, 0.15) is 5.75 Å². The second-order valence-corrected chi connectivity index (χ2v) is 7.49. The minimum Gasteiger partial charge on any atom is -0.482 e. The monoisotopic (exact) mass is 396 g/mol. The van der Waals surface area contributed by atoms with Crippen molar-refractivity contribution in [2.24, 2.45) is 5.92 Å². The Balaban J connectivity index is 1.34. The van der Waals surface area contributed by atoms with E-state index in [1.165, 1.54) is 0 Å². The Bertz CT molecular complexity index is 784. The van der Waals surface area contributed by atoms with E-state index >= 15 is 0 Å². The third-order valence-electron chi connectivity index (χ3n) is 5.02. The van der Waals surface area contributed by atoms with Crippen LogP contribution in [0.25, 0.3) is 0 Å². The van der Waals surface area contributed by atoms with E-state index in [1.54, 1.807) is 12.1 Å². The zero-order chi connectivity index (χ0) is 20.5. The van der Waals surface area contributed by atoms with Crippen LogP contribution in [-0.2, 0) is 14.3 Å². The summed E-state index contributed by atoms with van der Waals surface area (Å²) in [7, 11) is 0. The average molecular weight is 396 g/mol. The standard InChI is InChI=1S/C23H28N2O4/c1-17-7-9-20(10-8-17)25-22(26)15-29-23(27)16-28-21-13-11-19(12-14-21)24-18-5-3-2-4-6-18/h2-6,11-14,17,20,24H,7-10,15-16H2,1H3,(H,25,26). The third-order valence-corrected chi connectivity index (χ3v) is 5.02. The van der Waals surface area contributed by atoms with Crippen LogP contribution in [0, 0.1) is 5.92 Å². The van der Waals surface area contributed by atoms with Gasteiger partial charge in [0.25, 0.3) is 5.91 Å². The average Bonchev–Trinajstić information content (AvgIpc) is 2.74.